The summed E-state index contributed by atoms with van der Waals surface area (Å²) in [5.74, 6) is -0.533. The Morgan fingerprint density at radius 2 is 2.18 bits per heavy atom. The van der Waals surface area contributed by atoms with E-state index in [0.29, 0.717) is 23.5 Å². The lowest BCUT2D eigenvalue weighted by Gasteiger charge is -2.10. The lowest BCUT2D eigenvalue weighted by atomic mass is 10.1. The van der Waals surface area contributed by atoms with Gasteiger partial charge in [0, 0.05) is 12.1 Å². The summed E-state index contributed by atoms with van der Waals surface area (Å²) in [4.78, 5) is 11.1. The average Bonchev–Trinajstić information content (AvgIpc) is 2.80. The van der Waals surface area contributed by atoms with Gasteiger partial charge in [-0.05, 0) is 18.2 Å². The van der Waals surface area contributed by atoms with Gasteiger partial charge in [0.15, 0.2) is 0 Å². The summed E-state index contributed by atoms with van der Waals surface area (Å²) in [6.45, 7) is 0.572. The van der Waals surface area contributed by atoms with Crippen LogP contribution >= 0.6 is 0 Å². The lowest BCUT2D eigenvalue weighted by Crippen LogP contribution is -2.14. The van der Waals surface area contributed by atoms with E-state index in [1.165, 1.54) is 0 Å². The third-order valence-corrected chi connectivity index (χ3v) is 2.43. The minimum absolute atomic E-state index is 0.321. The van der Waals surface area contributed by atoms with Crippen LogP contribution in [-0.2, 0) is 6.54 Å². The highest BCUT2D eigenvalue weighted by molar-refractivity contribution is 6.00. The van der Waals surface area contributed by atoms with E-state index in [2.05, 4.69) is 5.32 Å². The molecular weight excluding hydrogens is 218 g/mol. The minimum Gasteiger partial charge on any atom is -0.472 e. The number of anilines is 2. The largest absolute Gasteiger partial charge is 0.472 e. The number of para-hydroxylation sites is 1. The number of nitrogen functional groups attached to an aromatic ring is 1. The van der Waals surface area contributed by atoms with Crippen LogP contribution in [0.3, 0.4) is 0 Å². The Kier molecular flexibility index (Phi) is 3.00. The number of carbonyl (C=O) groups is 1. The number of amides is 1. The Labute approximate surface area is 98.4 Å². The van der Waals surface area contributed by atoms with Crippen molar-refractivity contribution in [3.8, 4) is 0 Å². The van der Waals surface area contributed by atoms with E-state index in [1.54, 1.807) is 30.7 Å². The van der Waals surface area contributed by atoms with E-state index in [4.69, 9.17) is 15.9 Å². The zero-order chi connectivity index (χ0) is 12.3. The van der Waals surface area contributed by atoms with Gasteiger partial charge in [-0.15, -0.1) is 0 Å². The van der Waals surface area contributed by atoms with Gasteiger partial charge in [-0.3, -0.25) is 4.79 Å². The molecule has 0 bridgehead atoms. The zero-order valence-electron chi connectivity index (χ0n) is 9.14. The second-order valence-electron chi connectivity index (χ2n) is 3.62. The molecule has 0 fully saturated rings. The fourth-order valence-corrected chi connectivity index (χ4v) is 1.52. The first kappa shape index (κ1) is 11.1. The molecule has 0 saturated carbocycles. The molecule has 0 atom stereocenters. The quantitative estimate of drug-likeness (QED) is 0.696. The van der Waals surface area contributed by atoms with Crippen LogP contribution in [0.2, 0.25) is 0 Å². The van der Waals surface area contributed by atoms with Gasteiger partial charge in [-0.2, -0.15) is 0 Å². The molecule has 0 radical (unpaired) electrons. The van der Waals surface area contributed by atoms with Crippen molar-refractivity contribution in [3.05, 3.63) is 47.9 Å². The van der Waals surface area contributed by atoms with Gasteiger partial charge in [0.05, 0.1) is 29.5 Å². The van der Waals surface area contributed by atoms with E-state index < -0.39 is 5.91 Å². The molecule has 1 aromatic carbocycles. The standard InChI is InChI=1S/C12H13N3O2/c13-11-9(12(14)16)2-1-3-10(11)15-6-8-4-5-17-7-8/h1-5,7,15H,6,13H2,(H2,14,16). The number of nitrogens with one attached hydrogen (secondary N) is 1. The normalized spacial score (nSPS) is 10.1. The van der Waals surface area contributed by atoms with Crippen molar-refractivity contribution in [2.24, 2.45) is 5.73 Å². The fraction of sp³-hybridized carbons (Fsp3) is 0.0833. The van der Waals surface area contributed by atoms with Crippen molar-refractivity contribution in [2.75, 3.05) is 11.1 Å². The molecule has 1 heterocycles. The van der Waals surface area contributed by atoms with Gasteiger partial charge < -0.3 is 21.2 Å². The molecule has 0 saturated heterocycles. The van der Waals surface area contributed by atoms with Gasteiger partial charge in [-0.25, -0.2) is 0 Å². The van der Waals surface area contributed by atoms with Crippen molar-refractivity contribution in [1.29, 1.82) is 0 Å². The number of hydrogen-bond donors (Lipinski definition) is 3. The monoisotopic (exact) mass is 231 g/mol. The third kappa shape index (κ3) is 2.39. The Bertz CT molecular complexity index is 521. The van der Waals surface area contributed by atoms with Crippen molar-refractivity contribution >= 4 is 17.3 Å². The van der Waals surface area contributed by atoms with Gasteiger partial charge in [0.2, 0.25) is 0 Å². The molecule has 88 valence electrons. The average molecular weight is 231 g/mol. The van der Waals surface area contributed by atoms with Crippen LogP contribution in [0, 0.1) is 0 Å². The summed E-state index contributed by atoms with van der Waals surface area (Å²) in [5.41, 5.74) is 13.4. The first-order chi connectivity index (χ1) is 8.18. The maximum Gasteiger partial charge on any atom is 0.250 e. The molecule has 1 aromatic heterocycles. The van der Waals surface area contributed by atoms with Gasteiger partial charge >= 0.3 is 0 Å². The van der Waals surface area contributed by atoms with Crippen molar-refractivity contribution in [1.82, 2.24) is 0 Å². The molecule has 5 nitrogen and oxygen atoms in total. The number of rotatable bonds is 4. The van der Waals surface area contributed by atoms with Crippen LogP contribution in [0.5, 0.6) is 0 Å². The molecule has 5 N–H and O–H groups in total. The highest BCUT2D eigenvalue weighted by Crippen LogP contribution is 2.22. The Hall–Kier alpha value is -2.43. The number of carbonyl (C=O) groups excluding carboxylic acids is 1. The molecular formula is C12H13N3O2. The molecule has 5 heteroatoms. The molecule has 0 unspecified atom stereocenters. The SMILES string of the molecule is NC(=O)c1cccc(NCc2ccoc2)c1N. The number of nitrogens with two attached hydrogens (primary N) is 2. The number of furan rings is 1. The topological polar surface area (TPSA) is 94.3 Å². The van der Waals surface area contributed by atoms with Crippen LogP contribution in [0.1, 0.15) is 15.9 Å². The van der Waals surface area contributed by atoms with Gasteiger partial charge in [0.1, 0.15) is 0 Å². The minimum atomic E-state index is -0.533. The molecule has 0 spiro atoms. The van der Waals surface area contributed by atoms with Crippen LogP contribution in [0.25, 0.3) is 0 Å². The number of hydrogen-bond acceptors (Lipinski definition) is 4. The number of primary amides is 1. The molecule has 17 heavy (non-hydrogen) atoms. The predicted octanol–water partition coefficient (Wildman–Crippen LogP) is 1.57. The van der Waals surface area contributed by atoms with Gasteiger partial charge in [-0.1, -0.05) is 6.07 Å². The molecule has 2 aromatic rings. The van der Waals surface area contributed by atoms with E-state index in [9.17, 15) is 4.79 Å². The second-order valence-corrected chi connectivity index (χ2v) is 3.62. The number of benzene rings is 1. The van der Waals surface area contributed by atoms with Crippen LogP contribution in [-0.4, -0.2) is 5.91 Å². The highest BCUT2D eigenvalue weighted by atomic mass is 16.3. The molecule has 0 aliphatic heterocycles. The molecule has 2 rings (SSSR count). The zero-order valence-corrected chi connectivity index (χ0v) is 9.14. The second kappa shape index (κ2) is 4.61. The van der Waals surface area contributed by atoms with Crippen molar-refractivity contribution < 1.29 is 9.21 Å². The summed E-state index contributed by atoms with van der Waals surface area (Å²) in [5, 5.41) is 3.12. The van der Waals surface area contributed by atoms with E-state index in [1.807, 2.05) is 6.07 Å². The predicted molar refractivity (Wildman–Crippen MR) is 65.4 cm³/mol. The maximum atomic E-state index is 11.1. The van der Waals surface area contributed by atoms with Crippen LogP contribution < -0.4 is 16.8 Å². The summed E-state index contributed by atoms with van der Waals surface area (Å²) in [6, 6.07) is 6.97. The van der Waals surface area contributed by atoms with Crippen molar-refractivity contribution in [3.63, 3.8) is 0 Å². The first-order valence-electron chi connectivity index (χ1n) is 5.11. The van der Waals surface area contributed by atoms with Crippen LogP contribution in [0.15, 0.2) is 41.2 Å². The lowest BCUT2D eigenvalue weighted by molar-refractivity contribution is 0.100. The highest BCUT2D eigenvalue weighted by Gasteiger charge is 2.08. The van der Waals surface area contributed by atoms with Crippen LogP contribution in [0.4, 0.5) is 11.4 Å². The Balaban J connectivity index is 2.16. The van der Waals surface area contributed by atoms with Gasteiger partial charge in [0.25, 0.3) is 5.91 Å². The summed E-state index contributed by atoms with van der Waals surface area (Å²) in [7, 11) is 0. The summed E-state index contributed by atoms with van der Waals surface area (Å²) < 4.78 is 4.95. The third-order valence-electron chi connectivity index (χ3n) is 2.43. The smallest absolute Gasteiger partial charge is 0.250 e. The summed E-state index contributed by atoms with van der Waals surface area (Å²) >= 11 is 0. The summed E-state index contributed by atoms with van der Waals surface area (Å²) in [6.07, 6.45) is 3.24. The van der Waals surface area contributed by atoms with E-state index in [0.717, 1.165) is 5.56 Å². The Morgan fingerprint density at radius 1 is 1.35 bits per heavy atom. The van der Waals surface area contributed by atoms with E-state index >= 15 is 0 Å². The maximum absolute atomic E-state index is 11.1. The first-order valence-corrected chi connectivity index (χ1v) is 5.11. The fourth-order valence-electron chi connectivity index (χ4n) is 1.52. The van der Waals surface area contributed by atoms with Crippen molar-refractivity contribution in [2.45, 2.75) is 6.54 Å². The Morgan fingerprint density at radius 3 is 2.82 bits per heavy atom. The molecule has 1 amide bonds. The van der Waals surface area contributed by atoms with E-state index in [-0.39, 0.29) is 0 Å². The molecule has 0 aliphatic carbocycles. The molecule has 0 aliphatic rings.